The third-order valence-electron chi connectivity index (χ3n) is 2.58. The Balaban J connectivity index is 1.71. The predicted octanol–water partition coefficient (Wildman–Crippen LogP) is 3.22. The van der Waals surface area contributed by atoms with Crippen LogP contribution >= 0.6 is 0 Å². The van der Waals surface area contributed by atoms with Gasteiger partial charge in [0, 0.05) is 6.54 Å². The van der Waals surface area contributed by atoms with Crippen LogP contribution in [0.25, 0.3) is 0 Å². The summed E-state index contributed by atoms with van der Waals surface area (Å²) in [4.78, 5) is 5.40. The lowest BCUT2D eigenvalue weighted by Gasteiger charge is -2.06. The van der Waals surface area contributed by atoms with Gasteiger partial charge in [0.1, 0.15) is 0 Å². The van der Waals surface area contributed by atoms with E-state index in [2.05, 4.69) is 36.7 Å². The maximum absolute atomic E-state index is 5.40. The summed E-state index contributed by atoms with van der Waals surface area (Å²) < 4.78 is 0. The van der Waals surface area contributed by atoms with Crippen molar-refractivity contribution in [1.29, 1.82) is 0 Å². The Morgan fingerprint density at radius 3 is 2.29 bits per heavy atom. The second-order valence-corrected chi connectivity index (χ2v) is 4.08. The molecule has 0 radical (unpaired) electrons. The highest BCUT2D eigenvalue weighted by Crippen LogP contribution is 2.03. The van der Waals surface area contributed by atoms with Gasteiger partial charge in [0.05, 0.1) is 6.61 Å². The van der Waals surface area contributed by atoms with Crippen LogP contribution in [0.3, 0.4) is 0 Å². The van der Waals surface area contributed by atoms with E-state index in [1.54, 1.807) is 0 Å². The van der Waals surface area contributed by atoms with Crippen molar-refractivity contribution in [3.05, 3.63) is 71.3 Å². The van der Waals surface area contributed by atoms with E-state index in [0.717, 1.165) is 6.54 Å². The molecule has 2 aromatic rings. The van der Waals surface area contributed by atoms with Gasteiger partial charge in [-0.25, -0.2) is 0 Å². The van der Waals surface area contributed by atoms with Crippen LogP contribution in [0.1, 0.15) is 16.7 Å². The summed E-state index contributed by atoms with van der Waals surface area (Å²) in [5.41, 5.74) is 6.64. The van der Waals surface area contributed by atoms with Gasteiger partial charge >= 0.3 is 0 Å². The minimum Gasteiger partial charge on any atom is -0.297 e. The quantitative estimate of drug-likeness (QED) is 0.625. The summed E-state index contributed by atoms with van der Waals surface area (Å²) >= 11 is 0. The first-order valence-electron chi connectivity index (χ1n) is 5.79. The minimum absolute atomic E-state index is 0.590. The van der Waals surface area contributed by atoms with E-state index in [0.29, 0.717) is 6.61 Å². The van der Waals surface area contributed by atoms with Gasteiger partial charge in [-0.1, -0.05) is 60.2 Å². The minimum atomic E-state index is 0.590. The largest absolute Gasteiger partial charge is 0.297 e. The van der Waals surface area contributed by atoms with Crippen LogP contribution in [-0.2, 0) is 18.0 Å². The molecular formula is C15H17NO. The highest BCUT2D eigenvalue weighted by Gasteiger charge is 1.93. The lowest BCUT2D eigenvalue weighted by molar-refractivity contribution is 0.0235. The third-order valence-corrected chi connectivity index (χ3v) is 2.58. The normalized spacial score (nSPS) is 10.4. The van der Waals surface area contributed by atoms with Crippen molar-refractivity contribution in [2.45, 2.75) is 20.1 Å². The molecule has 0 aliphatic carbocycles. The van der Waals surface area contributed by atoms with E-state index in [9.17, 15) is 0 Å². The van der Waals surface area contributed by atoms with Crippen LogP contribution in [-0.4, -0.2) is 0 Å². The van der Waals surface area contributed by atoms with Gasteiger partial charge in [0.25, 0.3) is 0 Å². The Bertz CT molecular complexity index is 436. The molecule has 17 heavy (non-hydrogen) atoms. The standard InChI is InChI=1S/C15H17NO/c1-13-7-9-14(10-8-13)11-16-17-12-15-5-3-2-4-6-15/h2-10,16H,11-12H2,1H3. The summed E-state index contributed by atoms with van der Waals surface area (Å²) in [6.45, 7) is 3.41. The Morgan fingerprint density at radius 2 is 1.59 bits per heavy atom. The summed E-state index contributed by atoms with van der Waals surface area (Å²) in [6, 6.07) is 18.5. The van der Waals surface area contributed by atoms with Gasteiger partial charge in [-0.05, 0) is 18.1 Å². The molecule has 0 aromatic heterocycles. The van der Waals surface area contributed by atoms with Crippen LogP contribution in [0.2, 0.25) is 0 Å². The maximum atomic E-state index is 5.40. The lowest BCUT2D eigenvalue weighted by Crippen LogP contribution is -2.13. The zero-order chi connectivity index (χ0) is 11.9. The fourth-order valence-corrected chi connectivity index (χ4v) is 1.55. The molecule has 1 N–H and O–H groups in total. The van der Waals surface area contributed by atoms with Crippen molar-refractivity contribution >= 4 is 0 Å². The Kier molecular flexibility index (Phi) is 4.30. The number of benzene rings is 2. The molecular weight excluding hydrogens is 210 g/mol. The Morgan fingerprint density at radius 1 is 0.882 bits per heavy atom. The molecule has 0 bridgehead atoms. The van der Waals surface area contributed by atoms with Gasteiger partial charge < -0.3 is 0 Å². The second-order valence-electron chi connectivity index (χ2n) is 4.08. The van der Waals surface area contributed by atoms with Crippen LogP contribution < -0.4 is 5.48 Å². The fourth-order valence-electron chi connectivity index (χ4n) is 1.55. The Hall–Kier alpha value is -1.64. The average molecular weight is 227 g/mol. The Labute approximate surface area is 102 Å². The molecule has 0 unspecified atom stereocenters. The summed E-state index contributed by atoms with van der Waals surface area (Å²) in [7, 11) is 0. The van der Waals surface area contributed by atoms with Crippen molar-refractivity contribution in [3.8, 4) is 0 Å². The van der Waals surface area contributed by atoms with Crippen LogP contribution in [0.15, 0.2) is 54.6 Å². The van der Waals surface area contributed by atoms with Crippen molar-refractivity contribution in [2.24, 2.45) is 0 Å². The smallest absolute Gasteiger partial charge is 0.0933 e. The van der Waals surface area contributed by atoms with Crippen LogP contribution in [0.5, 0.6) is 0 Å². The highest BCUT2D eigenvalue weighted by atomic mass is 16.6. The van der Waals surface area contributed by atoms with Crippen LogP contribution in [0, 0.1) is 6.92 Å². The summed E-state index contributed by atoms with van der Waals surface area (Å²) in [6.07, 6.45) is 0. The maximum Gasteiger partial charge on any atom is 0.0933 e. The molecule has 0 heterocycles. The van der Waals surface area contributed by atoms with Gasteiger partial charge in [-0.3, -0.25) is 4.84 Å². The first-order valence-corrected chi connectivity index (χ1v) is 5.79. The van der Waals surface area contributed by atoms with E-state index in [1.165, 1.54) is 16.7 Å². The monoisotopic (exact) mass is 227 g/mol. The molecule has 0 fully saturated rings. The first kappa shape index (κ1) is 11.8. The van der Waals surface area contributed by atoms with E-state index >= 15 is 0 Å². The molecule has 2 rings (SSSR count). The van der Waals surface area contributed by atoms with Gasteiger partial charge in [-0.15, -0.1) is 0 Å². The second kappa shape index (κ2) is 6.18. The number of aryl methyl sites for hydroxylation is 1. The van der Waals surface area contributed by atoms with E-state index in [4.69, 9.17) is 4.84 Å². The van der Waals surface area contributed by atoms with E-state index in [1.807, 2.05) is 30.3 Å². The predicted molar refractivity (Wildman–Crippen MR) is 69.2 cm³/mol. The number of nitrogens with one attached hydrogen (secondary N) is 1. The van der Waals surface area contributed by atoms with Crippen molar-refractivity contribution < 1.29 is 4.84 Å². The molecule has 2 heteroatoms. The summed E-state index contributed by atoms with van der Waals surface area (Å²) in [5.74, 6) is 0. The number of hydrogen-bond acceptors (Lipinski definition) is 2. The fraction of sp³-hybridized carbons (Fsp3) is 0.200. The molecule has 0 saturated heterocycles. The molecule has 2 nitrogen and oxygen atoms in total. The highest BCUT2D eigenvalue weighted by molar-refractivity contribution is 5.20. The topological polar surface area (TPSA) is 21.3 Å². The van der Waals surface area contributed by atoms with Crippen molar-refractivity contribution in [1.82, 2.24) is 5.48 Å². The van der Waals surface area contributed by atoms with Gasteiger partial charge in [-0.2, -0.15) is 5.48 Å². The number of hydrogen-bond donors (Lipinski definition) is 1. The molecule has 0 spiro atoms. The number of rotatable bonds is 5. The lowest BCUT2D eigenvalue weighted by atomic mass is 10.2. The zero-order valence-corrected chi connectivity index (χ0v) is 10.0. The van der Waals surface area contributed by atoms with E-state index < -0.39 is 0 Å². The summed E-state index contributed by atoms with van der Waals surface area (Å²) in [5, 5.41) is 0. The molecule has 0 aliphatic rings. The molecule has 88 valence electrons. The molecule has 0 saturated carbocycles. The van der Waals surface area contributed by atoms with Gasteiger partial charge in [0.2, 0.25) is 0 Å². The SMILES string of the molecule is Cc1ccc(CNOCc2ccccc2)cc1. The third kappa shape index (κ3) is 4.02. The molecule has 0 aliphatic heterocycles. The van der Waals surface area contributed by atoms with Crippen molar-refractivity contribution in [2.75, 3.05) is 0 Å². The van der Waals surface area contributed by atoms with Gasteiger partial charge in [0.15, 0.2) is 0 Å². The van der Waals surface area contributed by atoms with Crippen LogP contribution in [0.4, 0.5) is 0 Å². The first-order chi connectivity index (χ1) is 8.34. The molecule has 0 amide bonds. The van der Waals surface area contributed by atoms with E-state index in [-0.39, 0.29) is 0 Å². The number of hydroxylamine groups is 1. The van der Waals surface area contributed by atoms with Crippen molar-refractivity contribution in [3.63, 3.8) is 0 Å². The average Bonchev–Trinajstić information content (AvgIpc) is 2.38. The molecule has 2 aromatic carbocycles. The molecule has 0 atom stereocenters. The zero-order valence-electron chi connectivity index (χ0n) is 10.0.